The summed E-state index contributed by atoms with van der Waals surface area (Å²) in [6.07, 6.45) is -1.61. The lowest BCUT2D eigenvalue weighted by molar-refractivity contribution is -0.0287. The number of amides is 2. The number of benzene rings is 3. The van der Waals surface area contributed by atoms with Crippen molar-refractivity contribution in [3.63, 3.8) is 0 Å². The topological polar surface area (TPSA) is 87.7 Å². The van der Waals surface area contributed by atoms with Crippen LogP contribution in [0.2, 0.25) is 0 Å². The molecule has 30 heavy (non-hydrogen) atoms. The maximum Gasteiger partial charge on any atom is 0.251 e. The Morgan fingerprint density at radius 3 is 2.20 bits per heavy atom. The van der Waals surface area contributed by atoms with Crippen LogP contribution in [-0.4, -0.2) is 48.8 Å². The Balaban J connectivity index is 1.55. The molecule has 0 aliphatic rings. The Bertz CT molecular complexity index is 991. The fourth-order valence-corrected chi connectivity index (χ4v) is 3.17. The lowest BCUT2D eigenvalue weighted by atomic mass is 10.1. The molecule has 6 nitrogen and oxygen atoms in total. The fraction of sp³-hybridized carbons (Fsp3) is 0.250. The molecular formula is C24H26N2O4. The minimum absolute atomic E-state index is 0.0181. The number of carbonyl (C=O) groups excluding carboxylic acids is 2. The van der Waals surface area contributed by atoms with Crippen molar-refractivity contribution < 1.29 is 19.4 Å². The molecule has 6 heteroatoms. The van der Waals surface area contributed by atoms with E-state index in [0.717, 1.165) is 10.8 Å². The van der Waals surface area contributed by atoms with Gasteiger partial charge in [0.1, 0.15) is 6.10 Å². The summed E-state index contributed by atoms with van der Waals surface area (Å²) in [6, 6.07) is 22.1. The summed E-state index contributed by atoms with van der Waals surface area (Å²) in [5.41, 5.74) is 1.05. The number of rotatable bonds is 9. The van der Waals surface area contributed by atoms with Crippen LogP contribution < -0.4 is 10.6 Å². The van der Waals surface area contributed by atoms with Crippen LogP contribution in [0.5, 0.6) is 0 Å². The van der Waals surface area contributed by atoms with Crippen molar-refractivity contribution in [1.82, 2.24) is 10.6 Å². The molecule has 0 heterocycles. The average Bonchev–Trinajstić information content (AvgIpc) is 2.80. The SMILES string of the molecule is CCO[C@H](CNC(=O)c1ccc2ccccc2c1)[C@@H](O)CNC(=O)c1ccccc1. The van der Waals surface area contributed by atoms with Crippen LogP contribution >= 0.6 is 0 Å². The van der Waals surface area contributed by atoms with Crippen molar-refractivity contribution in [3.05, 3.63) is 83.9 Å². The third-order valence-corrected chi connectivity index (χ3v) is 4.79. The summed E-state index contributed by atoms with van der Waals surface area (Å²) in [5, 5.41) is 18.0. The minimum atomic E-state index is -0.963. The van der Waals surface area contributed by atoms with Gasteiger partial charge in [0.25, 0.3) is 11.8 Å². The zero-order valence-electron chi connectivity index (χ0n) is 16.9. The third-order valence-electron chi connectivity index (χ3n) is 4.79. The second-order valence-corrected chi connectivity index (χ2v) is 6.91. The number of hydrogen-bond donors (Lipinski definition) is 3. The summed E-state index contributed by atoms with van der Waals surface area (Å²) in [4.78, 5) is 24.7. The quantitative estimate of drug-likeness (QED) is 0.510. The van der Waals surface area contributed by atoms with Crippen LogP contribution in [0.1, 0.15) is 27.6 Å². The van der Waals surface area contributed by atoms with Crippen LogP contribution in [0.25, 0.3) is 10.8 Å². The number of aliphatic hydroxyl groups excluding tert-OH is 1. The predicted octanol–water partition coefficient (Wildman–Crippen LogP) is 2.77. The largest absolute Gasteiger partial charge is 0.388 e. The van der Waals surface area contributed by atoms with Crippen LogP contribution in [-0.2, 0) is 4.74 Å². The minimum Gasteiger partial charge on any atom is -0.388 e. The van der Waals surface area contributed by atoms with Crippen molar-refractivity contribution in [2.75, 3.05) is 19.7 Å². The lowest BCUT2D eigenvalue weighted by Crippen LogP contribution is -2.46. The van der Waals surface area contributed by atoms with Gasteiger partial charge in [0, 0.05) is 30.8 Å². The van der Waals surface area contributed by atoms with Crippen molar-refractivity contribution >= 4 is 22.6 Å². The van der Waals surface area contributed by atoms with Crippen LogP contribution in [0.4, 0.5) is 0 Å². The molecule has 0 bridgehead atoms. The Kier molecular flexibility index (Phi) is 7.54. The first-order chi connectivity index (χ1) is 14.6. The fourth-order valence-electron chi connectivity index (χ4n) is 3.17. The zero-order valence-corrected chi connectivity index (χ0v) is 16.9. The van der Waals surface area contributed by atoms with E-state index in [-0.39, 0.29) is 24.9 Å². The van der Waals surface area contributed by atoms with Gasteiger partial charge in [0.2, 0.25) is 0 Å². The third kappa shape index (κ3) is 5.65. The average molecular weight is 406 g/mol. The number of aliphatic hydroxyl groups is 1. The van der Waals surface area contributed by atoms with Crippen molar-refractivity contribution in [2.45, 2.75) is 19.1 Å². The highest BCUT2D eigenvalue weighted by Gasteiger charge is 2.21. The molecule has 0 fully saturated rings. The molecule has 0 spiro atoms. The molecule has 2 atom stereocenters. The summed E-state index contributed by atoms with van der Waals surface area (Å²) in [7, 11) is 0. The molecule has 3 N–H and O–H groups in total. The van der Waals surface area contributed by atoms with Crippen molar-refractivity contribution in [3.8, 4) is 0 Å². The summed E-state index contributed by atoms with van der Waals surface area (Å²) in [6.45, 7) is 2.33. The molecule has 0 aromatic heterocycles. The molecular weight excluding hydrogens is 380 g/mol. The first-order valence-electron chi connectivity index (χ1n) is 9.98. The summed E-state index contributed by atoms with van der Waals surface area (Å²) >= 11 is 0. The molecule has 0 radical (unpaired) electrons. The van der Waals surface area contributed by atoms with Gasteiger partial charge in [-0.1, -0.05) is 48.5 Å². The van der Waals surface area contributed by atoms with Crippen LogP contribution in [0, 0.1) is 0 Å². The smallest absolute Gasteiger partial charge is 0.251 e. The van der Waals surface area contributed by atoms with Crippen LogP contribution in [0.15, 0.2) is 72.8 Å². The molecule has 0 aliphatic carbocycles. The van der Waals surface area contributed by atoms with Gasteiger partial charge in [0.15, 0.2) is 0 Å². The number of nitrogens with one attached hydrogen (secondary N) is 2. The molecule has 2 amide bonds. The molecule has 0 aliphatic heterocycles. The first kappa shape index (κ1) is 21.5. The van der Waals surface area contributed by atoms with Gasteiger partial charge in [-0.25, -0.2) is 0 Å². The Labute approximate surface area is 175 Å². The van der Waals surface area contributed by atoms with Gasteiger partial charge in [0.05, 0.1) is 6.10 Å². The second kappa shape index (κ2) is 10.5. The maximum atomic E-state index is 12.6. The molecule has 3 rings (SSSR count). The van der Waals surface area contributed by atoms with Gasteiger partial charge in [-0.2, -0.15) is 0 Å². The van der Waals surface area contributed by atoms with Crippen molar-refractivity contribution in [1.29, 1.82) is 0 Å². The number of ether oxygens (including phenoxy) is 1. The number of carbonyl (C=O) groups is 2. The van der Waals surface area contributed by atoms with Gasteiger partial charge < -0.3 is 20.5 Å². The Morgan fingerprint density at radius 2 is 1.47 bits per heavy atom. The summed E-state index contributed by atoms with van der Waals surface area (Å²) in [5.74, 6) is -0.518. The highest BCUT2D eigenvalue weighted by atomic mass is 16.5. The predicted molar refractivity (Wildman–Crippen MR) is 116 cm³/mol. The van der Waals surface area contributed by atoms with E-state index in [0.29, 0.717) is 17.7 Å². The van der Waals surface area contributed by atoms with E-state index in [9.17, 15) is 14.7 Å². The van der Waals surface area contributed by atoms with Gasteiger partial charge in [-0.15, -0.1) is 0 Å². The van der Waals surface area contributed by atoms with Gasteiger partial charge >= 0.3 is 0 Å². The van der Waals surface area contributed by atoms with E-state index in [2.05, 4.69) is 10.6 Å². The first-order valence-corrected chi connectivity index (χ1v) is 9.98. The molecule has 0 saturated carbocycles. The second-order valence-electron chi connectivity index (χ2n) is 6.91. The van der Waals surface area contributed by atoms with Gasteiger partial charge in [-0.3, -0.25) is 9.59 Å². The zero-order chi connectivity index (χ0) is 21.3. The van der Waals surface area contributed by atoms with E-state index in [4.69, 9.17) is 4.74 Å². The Morgan fingerprint density at radius 1 is 0.833 bits per heavy atom. The maximum absolute atomic E-state index is 12.6. The number of hydrogen-bond acceptors (Lipinski definition) is 4. The van der Waals surface area contributed by atoms with E-state index < -0.39 is 12.2 Å². The normalized spacial score (nSPS) is 12.9. The Hall–Kier alpha value is -3.22. The molecule has 156 valence electrons. The van der Waals surface area contributed by atoms with Crippen LogP contribution in [0.3, 0.4) is 0 Å². The van der Waals surface area contributed by atoms with Crippen molar-refractivity contribution in [2.24, 2.45) is 0 Å². The standard InChI is InChI=1S/C24H26N2O4/c1-2-30-22(21(27)15-25-23(28)18-9-4-3-5-10-18)16-26-24(29)20-13-12-17-8-6-7-11-19(17)14-20/h3-14,21-22,27H,2,15-16H2,1H3,(H,25,28)(H,26,29)/t21-,22+/m0/s1. The highest BCUT2D eigenvalue weighted by molar-refractivity contribution is 5.98. The highest BCUT2D eigenvalue weighted by Crippen LogP contribution is 2.15. The van der Waals surface area contributed by atoms with E-state index in [1.165, 1.54) is 0 Å². The van der Waals surface area contributed by atoms with E-state index in [1.54, 1.807) is 30.3 Å². The molecule has 0 unspecified atom stereocenters. The monoisotopic (exact) mass is 406 g/mol. The van der Waals surface area contributed by atoms with E-state index >= 15 is 0 Å². The molecule has 3 aromatic rings. The van der Waals surface area contributed by atoms with Gasteiger partial charge in [-0.05, 0) is 42.0 Å². The number of fused-ring (bicyclic) bond motifs is 1. The molecule has 3 aromatic carbocycles. The molecule has 0 saturated heterocycles. The van der Waals surface area contributed by atoms with E-state index in [1.807, 2.05) is 49.4 Å². The lowest BCUT2D eigenvalue weighted by Gasteiger charge is -2.23. The summed E-state index contributed by atoms with van der Waals surface area (Å²) < 4.78 is 5.58.